The summed E-state index contributed by atoms with van der Waals surface area (Å²) in [6.07, 6.45) is 2.30. The number of nitrogens with zero attached hydrogens (tertiary/aromatic N) is 2. The van der Waals surface area contributed by atoms with Gasteiger partial charge in [0.15, 0.2) is 0 Å². The van der Waals surface area contributed by atoms with Crippen molar-refractivity contribution in [1.29, 1.82) is 0 Å². The molecule has 3 aromatic carbocycles. The Morgan fingerprint density at radius 3 is 1.76 bits per heavy atom. The molecule has 7 amide bonds. The summed E-state index contributed by atoms with van der Waals surface area (Å²) in [5.41, 5.74) is 5.22. The topological polar surface area (TPSA) is 265 Å². The van der Waals surface area contributed by atoms with Gasteiger partial charge >= 0.3 is 12.2 Å². The number of ether oxygens (including phenoxy) is 2. The predicted octanol–water partition coefficient (Wildman–Crippen LogP) is 7.42. The Balaban J connectivity index is 1.76. The van der Waals surface area contributed by atoms with Crippen LogP contribution in [0.15, 0.2) is 101 Å². The third kappa shape index (κ3) is 21.3. The highest BCUT2D eigenvalue weighted by atomic mass is 32.2. The van der Waals surface area contributed by atoms with Crippen molar-refractivity contribution < 1.29 is 51.5 Å². The summed E-state index contributed by atoms with van der Waals surface area (Å²) in [4.78, 5) is 98.0. The van der Waals surface area contributed by atoms with Gasteiger partial charge in [-0.15, -0.1) is 0 Å². The van der Waals surface area contributed by atoms with Crippen molar-refractivity contribution in [2.45, 2.75) is 187 Å². The van der Waals surface area contributed by atoms with Gasteiger partial charge < -0.3 is 41.4 Å². The first-order valence-corrected chi connectivity index (χ1v) is 28.7. The Labute approximate surface area is 475 Å². The lowest BCUT2D eigenvalue weighted by atomic mass is 9.76. The van der Waals surface area contributed by atoms with E-state index in [1.807, 2.05) is 88.4 Å². The van der Waals surface area contributed by atoms with E-state index in [2.05, 4.69) is 26.0 Å². The van der Waals surface area contributed by atoms with Crippen molar-refractivity contribution in [3.05, 3.63) is 113 Å². The molecule has 80 heavy (non-hydrogen) atoms. The number of nitrogens with one attached hydrogen (secondary N) is 5. The lowest BCUT2D eigenvalue weighted by Gasteiger charge is -2.42. The lowest BCUT2D eigenvalue weighted by molar-refractivity contribution is -0.141. The number of hydrogen-bond donors (Lipinski definition) is 6. The molecular formula is C60H90N8O11S. The van der Waals surface area contributed by atoms with Crippen LogP contribution in [0.2, 0.25) is 0 Å². The van der Waals surface area contributed by atoms with Gasteiger partial charge in [-0.25, -0.2) is 22.7 Å². The molecule has 0 fully saturated rings. The molecule has 0 heterocycles. The van der Waals surface area contributed by atoms with Crippen molar-refractivity contribution >= 4 is 51.7 Å². The van der Waals surface area contributed by atoms with Gasteiger partial charge in [0.05, 0.1) is 17.0 Å². The number of rotatable bonds is 25. The molecule has 0 spiro atoms. The van der Waals surface area contributed by atoms with E-state index >= 15 is 0 Å². The zero-order valence-corrected chi connectivity index (χ0v) is 50.8. The third-order valence-electron chi connectivity index (χ3n) is 13.2. The van der Waals surface area contributed by atoms with Gasteiger partial charge in [-0.2, -0.15) is 0 Å². The number of alkyl carbamates (subject to hydrolysis) is 1. The molecule has 5 atom stereocenters. The van der Waals surface area contributed by atoms with Crippen LogP contribution >= 0.6 is 0 Å². The fourth-order valence-corrected chi connectivity index (χ4v) is 9.76. The van der Waals surface area contributed by atoms with E-state index in [0.717, 1.165) is 11.1 Å². The maximum Gasteiger partial charge on any atom is 0.410 e. The monoisotopic (exact) mass is 1130 g/mol. The molecule has 442 valence electrons. The van der Waals surface area contributed by atoms with Gasteiger partial charge in [0.25, 0.3) is 15.9 Å². The van der Waals surface area contributed by atoms with Crippen molar-refractivity contribution in [2.24, 2.45) is 17.1 Å². The number of likely N-dealkylation sites (N-methyl/N-ethyl adjacent to an activating group) is 2. The standard InChI is InChI=1S/C60H90N8O11S/c1-39(2)47(67(15)54(73)48(57(4,5)6)65-53(72)49(68(16)56(75)79-59(10,11)12)60(13,14)43-27-21-18-22-28-43)37-40(3)50(69)66-80(76,77)44-33-30-42(31-34-44)38-63-52(71)46(29-23-24-36-62-55(74)78-58(7,8)9)64-51(70)45(61)35-32-41-25-19-17-20-26-41/h17-22,25-28,30-31,33-34,37,39,45-49H,23-24,29,32,35-36,38,61H2,1-16H3,(H,62,74)(H,63,71)(H,64,70)(H,65,72)(H,66,69)/b40-37+/t45-,46-,47+,48+,49+/m0/s1. The van der Waals surface area contributed by atoms with Crippen LogP contribution in [0.25, 0.3) is 0 Å². The summed E-state index contributed by atoms with van der Waals surface area (Å²) in [6, 6.07) is 19.5. The zero-order valence-electron chi connectivity index (χ0n) is 49.9. The summed E-state index contributed by atoms with van der Waals surface area (Å²) in [7, 11) is -1.39. The van der Waals surface area contributed by atoms with E-state index in [9.17, 15) is 42.0 Å². The van der Waals surface area contributed by atoms with Crippen molar-refractivity contribution in [2.75, 3.05) is 20.6 Å². The number of nitrogens with two attached hydrogens (primary N) is 1. The molecule has 0 radical (unpaired) electrons. The first kappa shape index (κ1) is 67.5. The average molecular weight is 1130 g/mol. The highest BCUT2D eigenvalue weighted by Crippen LogP contribution is 2.33. The fourth-order valence-electron chi connectivity index (χ4n) is 8.74. The van der Waals surface area contributed by atoms with Gasteiger partial charge in [-0.05, 0) is 121 Å². The number of benzene rings is 3. The number of amides is 7. The summed E-state index contributed by atoms with van der Waals surface area (Å²) in [5.74, 6) is -3.30. The Bertz CT molecular complexity index is 2710. The number of carbonyl (C=O) groups is 7. The fraction of sp³-hybridized carbons (Fsp3) is 0.550. The first-order valence-electron chi connectivity index (χ1n) is 27.2. The van der Waals surface area contributed by atoms with Gasteiger partial charge in [-0.1, -0.05) is 127 Å². The van der Waals surface area contributed by atoms with E-state index in [1.165, 1.54) is 54.1 Å². The third-order valence-corrected chi connectivity index (χ3v) is 14.6. The minimum atomic E-state index is -4.43. The minimum absolute atomic E-state index is 0.00404. The van der Waals surface area contributed by atoms with Crippen LogP contribution in [0.5, 0.6) is 0 Å². The molecule has 3 aromatic rings. The molecule has 0 saturated carbocycles. The van der Waals surface area contributed by atoms with E-state index in [4.69, 9.17) is 15.2 Å². The summed E-state index contributed by atoms with van der Waals surface area (Å²) >= 11 is 0. The number of sulfonamides is 1. The van der Waals surface area contributed by atoms with E-state index in [1.54, 1.807) is 69.4 Å². The normalized spacial score (nSPS) is 14.3. The molecule has 19 nitrogen and oxygen atoms in total. The van der Waals surface area contributed by atoms with Gasteiger partial charge in [0, 0.05) is 38.2 Å². The first-order chi connectivity index (χ1) is 36.9. The molecule has 0 saturated heterocycles. The summed E-state index contributed by atoms with van der Waals surface area (Å²) in [6.45, 7) is 24.9. The van der Waals surface area contributed by atoms with E-state index in [-0.39, 0.29) is 35.9 Å². The maximum atomic E-state index is 14.7. The highest BCUT2D eigenvalue weighted by Gasteiger charge is 2.46. The second kappa shape index (κ2) is 29.1. The van der Waals surface area contributed by atoms with Crippen molar-refractivity contribution in [3.8, 4) is 0 Å². The number of hydrogen-bond acceptors (Lipinski definition) is 12. The van der Waals surface area contributed by atoms with Crippen LogP contribution < -0.4 is 31.7 Å². The van der Waals surface area contributed by atoms with Crippen LogP contribution in [0.3, 0.4) is 0 Å². The largest absolute Gasteiger partial charge is 0.444 e. The van der Waals surface area contributed by atoms with Crippen LogP contribution in [-0.4, -0.2) is 122 Å². The van der Waals surface area contributed by atoms with E-state index in [0.29, 0.717) is 31.2 Å². The molecule has 20 heteroatoms. The molecule has 0 aliphatic heterocycles. The lowest BCUT2D eigenvalue weighted by Crippen LogP contribution is -2.63. The highest BCUT2D eigenvalue weighted by molar-refractivity contribution is 7.90. The number of unbranched alkanes of at least 4 members (excludes halogenated alkanes) is 1. The molecule has 0 aliphatic rings. The minimum Gasteiger partial charge on any atom is -0.444 e. The van der Waals surface area contributed by atoms with Crippen LogP contribution in [0, 0.1) is 11.3 Å². The van der Waals surface area contributed by atoms with Gasteiger partial charge in [-0.3, -0.25) is 28.9 Å². The number of carbonyl (C=O) groups excluding carboxylic acids is 7. The Morgan fingerprint density at radius 2 is 1.23 bits per heavy atom. The molecule has 0 unspecified atom stereocenters. The molecule has 0 aliphatic carbocycles. The molecule has 0 bridgehead atoms. The molecular weight excluding hydrogens is 1040 g/mol. The number of aryl methyl sites for hydroxylation is 1. The van der Waals surface area contributed by atoms with E-state index < -0.39 is 104 Å². The average Bonchev–Trinajstić information content (AvgIpc) is 3.38. The quantitative estimate of drug-likeness (QED) is 0.0358. The smallest absolute Gasteiger partial charge is 0.410 e. The SMILES string of the molecule is C/C(=C\[C@H](C(C)C)N(C)C(=O)[C@@H](NC(=O)[C@@H](N(C)C(=O)OC(C)(C)C)C(C)(C)c1ccccc1)C(C)(C)C)C(=O)NS(=O)(=O)c1ccc(CNC(=O)[C@H](CCCCNC(=O)OC(C)(C)C)NC(=O)[C@@H](N)CCc2ccccc2)cc1. The van der Waals surface area contributed by atoms with Crippen LogP contribution in [-0.2, 0) is 61.9 Å². The Hall–Kier alpha value is -6.80. The Kier molecular flexibility index (Phi) is 24.5. The van der Waals surface area contributed by atoms with Crippen molar-refractivity contribution in [3.63, 3.8) is 0 Å². The van der Waals surface area contributed by atoms with Crippen LogP contribution in [0.1, 0.15) is 139 Å². The summed E-state index contributed by atoms with van der Waals surface area (Å²) in [5, 5.41) is 11.3. The Morgan fingerprint density at radius 1 is 0.662 bits per heavy atom. The second-order valence-electron chi connectivity index (χ2n) is 24.3. The second-order valence-corrected chi connectivity index (χ2v) is 26.0. The zero-order chi connectivity index (χ0) is 60.6. The summed E-state index contributed by atoms with van der Waals surface area (Å²) < 4.78 is 40.4. The van der Waals surface area contributed by atoms with Crippen molar-refractivity contribution in [1.82, 2.24) is 35.8 Å². The van der Waals surface area contributed by atoms with Gasteiger partial charge in [0.2, 0.25) is 23.6 Å². The van der Waals surface area contributed by atoms with Crippen LogP contribution in [0.4, 0.5) is 9.59 Å². The molecule has 0 aromatic heterocycles. The predicted molar refractivity (Wildman–Crippen MR) is 310 cm³/mol. The van der Waals surface area contributed by atoms with Gasteiger partial charge in [0.1, 0.15) is 29.3 Å². The molecule has 3 rings (SSSR count). The maximum absolute atomic E-state index is 14.7. The molecule has 7 N–H and O–H groups in total.